The maximum absolute atomic E-state index is 13.2. The van der Waals surface area contributed by atoms with Crippen LogP contribution >= 0.6 is 0 Å². The molecule has 21 heavy (non-hydrogen) atoms. The van der Waals surface area contributed by atoms with Gasteiger partial charge in [-0.15, -0.1) is 13.2 Å². The SMILES string of the molecule is N[C@H](c1ccc(OC(F)(F)F)cc1)c1cc(F)ccc1O. The summed E-state index contributed by atoms with van der Waals surface area (Å²) in [4.78, 5) is 0. The molecule has 0 aliphatic rings. The van der Waals surface area contributed by atoms with Crippen molar-refractivity contribution in [3.05, 3.63) is 59.4 Å². The Labute approximate surface area is 117 Å². The van der Waals surface area contributed by atoms with E-state index in [0.29, 0.717) is 5.56 Å². The third-order valence-corrected chi connectivity index (χ3v) is 2.80. The molecule has 0 unspecified atom stereocenters. The topological polar surface area (TPSA) is 55.5 Å². The quantitative estimate of drug-likeness (QED) is 0.853. The number of phenols is 1. The lowest BCUT2D eigenvalue weighted by Crippen LogP contribution is -2.17. The molecule has 0 spiro atoms. The van der Waals surface area contributed by atoms with Crippen LogP contribution in [0.15, 0.2) is 42.5 Å². The molecule has 0 aliphatic heterocycles. The number of rotatable bonds is 3. The molecule has 2 rings (SSSR count). The summed E-state index contributed by atoms with van der Waals surface area (Å²) in [6, 6.07) is 7.25. The molecule has 0 aromatic heterocycles. The second-order valence-electron chi connectivity index (χ2n) is 4.30. The van der Waals surface area contributed by atoms with Crippen molar-refractivity contribution < 1.29 is 27.4 Å². The standard InChI is InChI=1S/C14H11F4NO2/c15-9-3-6-12(20)11(7-9)13(19)8-1-4-10(5-2-8)21-14(16,17)18/h1-7,13,20H,19H2/t13-/m1/s1. The Kier molecular flexibility index (Phi) is 4.04. The smallest absolute Gasteiger partial charge is 0.508 e. The van der Waals surface area contributed by atoms with Crippen molar-refractivity contribution in [2.75, 3.05) is 0 Å². The average molecular weight is 301 g/mol. The van der Waals surface area contributed by atoms with Crippen molar-refractivity contribution in [2.45, 2.75) is 12.4 Å². The number of aromatic hydroxyl groups is 1. The van der Waals surface area contributed by atoms with Gasteiger partial charge in [-0.1, -0.05) is 12.1 Å². The second kappa shape index (κ2) is 5.61. The van der Waals surface area contributed by atoms with Gasteiger partial charge in [0.2, 0.25) is 0 Å². The predicted molar refractivity (Wildman–Crippen MR) is 67.2 cm³/mol. The fourth-order valence-corrected chi connectivity index (χ4v) is 1.83. The molecule has 0 amide bonds. The first-order valence-electron chi connectivity index (χ1n) is 5.86. The van der Waals surface area contributed by atoms with E-state index in [2.05, 4.69) is 4.74 Å². The summed E-state index contributed by atoms with van der Waals surface area (Å²) >= 11 is 0. The van der Waals surface area contributed by atoms with Gasteiger partial charge >= 0.3 is 6.36 Å². The summed E-state index contributed by atoms with van der Waals surface area (Å²) in [5.74, 6) is -1.16. The maximum Gasteiger partial charge on any atom is 0.573 e. The molecule has 2 aromatic rings. The summed E-state index contributed by atoms with van der Waals surface area (Å²) in [5, 5.41) is 9.65. The van der Waals surface area contributed by atoms with Crippen LogP contribution in [-0.4, -0.2) is 11.5 Å². The number of nitrogens with two attached hydrogens (primary N) is 1. The van der Waals surface area contributed by atoms with Gasteiger partial charge in [-0.2, -0.15) is 0 Å². The van der Waals surface area contributed by atoms with Gasteiger partial charge < -0.3 is 15.6 Å². The van der Waals surface area contributed by atoms with Crippen LogP contribution in [0.2, 0.25) is 0 Å². The Hall–Kier alpha value is -2.28. The van der Waals surface area contributed by atoms with Crippen LogP contribution in [0.5, 0.6) is 11.5 Å². The van der Waals surface area contributed by atoms with E-state index in [-0.39, 0.29) is 17.1 Å². The van der Waals surface area contributed by atoms with Crippen molar-refractivity contribution >= 4 is 0 Å². The Morgan fingerprint density at radius 3 is 2.24 bits per heavy atom. The molecule has 0 radical (unpaired) electrons. The fraction of sp³-hybridized carbons (Fsp3) is 0.143. The molecular formula is C14H11F4NO2. The molecule has 3 N–H and O–H groups in total. The summed E-state index contributed by atoms with van der Waals surface area (Å²) in [6.07, 6.45) is -4.77. The van der Waals surface area contributed by atoms with Crippen molar-refractivity contribution in [3.8, 4) is 11.5 Å². The third kappa shape index (κ3) is 3.85. The first-order valence-corrected chi connectivity index (χ1v) is 5.86. The molecule has 0 bridgehead atoms. The van der Waals surface area contributed by atoms with Crippen LogP contribution in [0, 0.1) is 5.82 Å². The Bertz CT molecular complexity index is 626. The highest BCUT2D eigenvalue weighted by Gasteiger charge is 2.31. The van der Waals surface area contributed by atoms with Crippen molar-refractivity contribution in [1.82, 2.24) is 0 Å². The van der Waals surface area contributed by atoms with Gasteiger partial charge in [0.05, 0.1) is 6.04 Å². The van der Waals surface area contributed by atoms with E-state index in [4.69, 9.17) is 5.73 Å². The lowest BCUT2D eigenvalue weighted by atomic mass is 9.98. The van der Waals surface area contributed by atoms with Crippen molar-refractivity contribution in [3.63, 3.8) is 0 Å². The van der Waals surface area contributed by atoms with Gasteiger partial charge in [0.15, 0.2) is 0 Å². The molecule has 3 nitrogen and oxygen atoms in total. The summed E-state index contributed by atoms with van der Waals surface area (Å²) < 4.78 is 53.0. The highest BCUT2D eigenvalue weighted by Crippen LogP contribution is 2.30. The van der Waals surface area contributed by atoms with E-state index in [1.165, 1.54) is 12.1 Å². The largest absolute Gasteiger partial charge is 0.573 e. The second-order valence-corrected chi connectivity index (χ2v) is 4.30. The van der Waals surface area contributed by atoms with Gasteiger partial charge in [-0.3, -0.25) is 0 Å². The average Bonchev–Trinajstić information content (AvgIpc) is 2.40. The summed E-state index contributed by atoms with van der Waals surface area (Å²) in [7, 11) is 0. The Balaban J connectivity index is 2.24. The van der Waals surface area contributed by atoms with Crippen LogP contribution < -0.4 is 10.5 Å². The van der Waals surface area contributed by atoms with E-state index >= 15 is 0 Å². The third-order valence-electron chi connectivity index (χ3n) is 2.80. The zero-order valence-electron chi connectivity index (χ0n) is 10.6. The lowest BCUT2D eigenvalue weighted by Gasteiger charge is -2.15. The summed E-state index contributed by atoms with van der Waals surface area (Å²) in [5.41, 5.74) is 6.42. The monoisotopic (exact) mass is 301 g/mol. The molecule has 0 saturated carbocycles. The van der Waals surface area contributed by atoms with Crippen molar-refractivity contribution in [2.24, 2.45) is 5.73 Å². The van der Waals surface area contributed by atoms with Crippen LogP contribution in [0.4, 0.5) is 17.6 Å². The zero-order valence-corrected chi connectivity index (χ0v) is 10.6. The molecule has 7 heteroatoms. The minimum atomic E-state index is -4.77. The van der Waals surface area contributed by atoms with Crippen LogP contribution in [-0.2, 0) is 0 Å². The number of benzene rings is 2. The van der Waals surface area contributed by atoms with E-state index in [0.717, 1.165) is 30.3 Å². The molecule has 2 aromatic carbocycles. The van der Waals surface area contributed by atoms with E-state index in [9.17, 15) is 22.7 Å². The number of alkyl halides is 3. The fourth-order valence-electron chi connectivity index (χ4n) is 1.83. The number of hydrogen-bond acceptors (Lipinski definition) is 3. The van der Waals surface area contributed by atoms with Crippen LogP contribution in [0.1, 0.15) is 17.2 Å². The van der Waals surface area contributed by atoms with E-state index in [1.807, 2.05) is 0 Å². The van der Waals surface area contributed by atoms with Gasteiger partial charge in [-0.05, 0) is 35.9 Å². The van der Waals surface area contributed by atoms with Crippen LogP contribution in [0.3, 0.4) is 0 Å². The predicted octanol–water partition coefficient (Wildman–Crippen LogP) is 3.48. The van der Waals surface area contributed by atoms with Gasteiger partial charge in [0, 0.05) is 5.56 Å². The van der Waals surface area contributed by atoms with Gasteiger partial charge in [0.25, 0.3) is 0 Å². The molecule has 0 saturated heterocycles. The lowest BCUT2D eigenvalue weighted by molar-refractivity contribution is -0.274. The summed E-state index contributed by atoms with van der Waals surface area (Å²) in [6.45, 7) is 0. The van der Waals surface area contributed by atoms with Crippen LogP contribution in [0.25, 0.3) is 0 Å². The highest BCUT2D eigenvalue weighted by atomic mass is 19.4. The molecule has 0 aliphatic carbocycles. The highest BCUT2D eigenvalue weighted by molar-refractivity contribution is 5.42. The van der Waals surface area contributed by atoms with Gasteiger partial charge in [0.1, 0.15) is 17.3 Å². The maximum atomic E-state index is 13.2. The van der Waals surface area contributed by atoms with E-state index < -0.39 is 18.2 Å². The molecule has 1 atom stereocenters. The first-order chi connectivity index (χ1) is 9.76. The minimum absolute atomic E-state index is 0.138. The number of hydrogen-bond donors (Lipinski definition) is 2. The molecular weight excluding hydrogens is 290 g/mol. The number of halogens is 4. The minimum Gasteiger partial charge on any atom is -0.508 e. The van der Waals surface area contributed by atoms with Crippen molar-refractivity contribution in [1.29, 1.82) is 0 Å². The zero-order chi connectivity index (χ0) is 15.6. The Morgan fingerprint density at radius 2 is 1.67 bits per heavy atom. The van der Waals surface area contributed by atoms with Gasteiger partial charge in [-0.25, -0.2) is 4.39 Å². The first kappa shape index (κ1) is 15.1. The van der Waals surface area contributed by atoms with E-state index in [1.54, 1.807) is 0 Å². The molecule has 0 heterocycles. The number of ether oxygens (including phenoxy) is 1. The normalized spacial score (nSPS) is 13.0. The Morgan fingerprint density at radius 1 is 1.05 bits per heavy atom. The molecule has 112 valence electrons. The number of phenolic OH excluding ortho intramolecular Hbond substituents is 1. The molecule has 0 fully saturated rings.